The van der Waals surface area contributed by atoms with Crippen molar-refractivity contribution in [2.45, 2.75) is 45.2 Å². The second kappa shape index (κ2) is 6.10. The summed E-state index contributed by atoms with van der Waals surface area (Å²) in [6, 6.07) is 0.606. The molecule has 3 aromatic rings. The molecule has 0 spiro atoms. The molecule has 0 aliphatic heterocycles. The summed E-state index contributed by atoms with van der Waals surface area (Å²) in [5, 5.41) is 7.98. The second-order valence-corrected chi connectivity index (χ2v) is 6.29. The fourth-order valence-corrected chi connectivity index (χ4v) is 2.87. The van der Waals surface area contributed by atoms with Gasteiger partial charge >= 0.3 is 0 Å². The zero-order valence-corrected chi connectivity index (χ0v) is 13.8. The molecule has 0 aromatic carbocycles. The molecule has 0 unspecified atom stereocenters. The lowest BCUT2D eigenvalue weighted by Gasteiger charge is -2.06. The molecule has 3 heterocycles. The van der Waals surface area contributed by atoms with Crippen LogP contribution >= 0.6 is 0 Å². The van der Waals surface area contributed by atoms with Gasteiger partial charge in [0.1, 0.15) is 5.52 Å². The van der Waals surface area contributed by atoms with Crippen LogP contribution < -0.4 is 11.1 Å². The summed E-state index contributed by atoms with van der Waals surface area (Å²) in [7, 11) is 0. The van der Waals surface area contributed by atoms with Crippen LogP contribution in [-0.2, 0) is 6.54 Å². The molecule has 0 amide bonds. The van der Waals surface area contributed by atoms with E-state index in [9.17, 15) is 0 Å². The molecule has 0 radical (unpaired) electrons. The molecule has 126 valence electrons. The second-order valence-electron chi connectivity index (χ2n) is 6.29. The number of fused-ring (bicyclic) bond motifs is 1. The standard InChI is InChI=1S/C16H22N8/c1-2-3-6-19-15-14-13(20-16(17)21-15)9-23(22-14)8-12-7-18-10-24(12)11-4-5-11/h7,9-11H,2-6,8H2,1H3,(H3,17,19,20,21). The van der Waals surface area contributed by atoms with Crippen LogP contribution in [0, 0.1) is 0 Å². The summed E-state index contributed by atoms with van der Waals surface area (Å²) >= 11 is 0. The van der Waals surface area contributed by atoms with Gasteiger partial charge in [0.05, 0.1) is 31.0 Å². The summed E-state index contributed by atoms with van der Waals surface area (Å²) in [4.78, 5) is 12.9. The molecule has 0 saturated heterocycles. The zero-order chi connectivity index (χ0) is 16.5. The predicted molar refractivity (Wildman–Crippen MR) is 92.7 cm³/mol. The Balaban J connectivity index is 1.62. The fourth-order valence-electron chi connectivity index (χ4n) is 2.87. The number of imidazole rings is 1. The number of nitrogens with one attached hydrogen (secondary N) is 1. The number of nitrogens with zero attached hydrogens (tertiary/aromatic N) is 6. The number of unbranched alkanes of at least 4 members (excludes halogenated alkanes) is 1. The summed E-state index contributed by atoms with van der Waals surface area (Å²) in [6.45, 7) is 3.67. The Bertz CT molecular complexity index is 845. The molecule has 8 nitrogen and oxygen atoms in total. The van der Waals surface area contributed by atoms with Gasteiger partial charge in [-0.25, -0.2) is 9.97 Å². The summed E-state index contributed by atoms with van der Waals surface area (Å²) in [6.07, 6.45) is 10.4. The first-order chi connectivity index (χ1) is 11.7. The van der Waals surface area contributed by atoms with E-state index in [4.69, 9.17) is 5.73 Å². The van der Waals surface area contributed by atoms with Crippen LogP contribution in [0.5, 0.6) is 0 Å². The van der Waals surface area contributed by atoms with Crippen molar-refractivity contribution in [1.82, 2.24) is 29.3 Å². The first-order valence-electron chi connectivity index (χ1n) is 8.50. The van der Waals surface area contributed by atoms with Crippen molar-refractivity contribution in [1.29, 1.82) is 0 Å². The summed E-state index contributed by atoms with van der Waals surface area (Å²) in [5.41, 5.74) is 8.52. The number of nitrogen functional groups attached to an aromatic ring is 1. The number of hydrogen-bond donors (Lipinski definition) is 2. The highest BCUT2D eigenvalue weighted by Gasteiger charge is 2.25. The smallest absolute Gasteiger partial charge is 0.222 e. The van der Waals surface area contributed by atoms with Gasteiger partial charge in [-0.05, 0) is 19.3 Å². The molecule has 0 bridgehead atoms. The number of hydrogen-bond acceptors (Lipinski definition) is 6. The molecule has 8 heteroatoms. The SMILES string of the molecule is CCCCNc1nc(N)nc2cn(Cc3cncn3C3CC3)nc12. The molecular formula is C16H22N8. The van der Waals surface area contributed by atoms with E-state index in [0.29, 0.717) is 18.4 Å². The monoisotopic (exact) mass is 326 g/mol. The third kappa shape index (κ3) is 2.91. The molecule has 4 rings (SSSR count). The van der Waals surface area contributed by atoms with Crippen LogP contribution in [0.3, 0.4) is 0 Å². The van der Waals surface area contributed by atoms with E-state index < -0.39 is 0 Å². The minimum Gasteiger partial charge on any atom is -0.368 e. The number of aromatic nitrogens is 6. The Kier molecular flexibility index (Phi) is 3.79. The lowest BCUT2D eigenvalue weighted by atomic mass is 10.3. The number of anilines is 2. The van der Waals surface area contributed by atoms with Crippen molar-refractivity contribution in [2.24, 2.45) is 0 Å². The molecule has 1 fully saturated rings. The lowest BCUT2D eigenvalue weighted by Crippen LogP contribution is -2.07. The van der Waals surface area contributed by atoms with Gasteiger partial charge in [-0.15, -0.1) is 0 Å². The van der Waals surface area contributed by atoms with E-state index in [2.05, 4.69) is 36.9 Å². The highest BCUT2D eigenvalue weighted by Crippen LogP contribution is 2.35. The van der Waals surface area contributed by atoms with E-state index in [1.54, 1.807) is 0 Å². The Morgan fingerprint density at radius 1 is 1.33 bits per heavy atom. The van der Waals surface area contributed by atoms with E-state index >= 15 is 0 Å². The third-order valence-corrected chi connectivity index (χ3v) is 4.26. The molecule has 1 saturated carbocycles. The quantitative estimate of drug-likeness (QED) is 0.646. The van der Waals surface area contributed by atoms with E-state index in [0.717, 1.165) is 36.1 Å². The van der Waals surface area contributed by atoms with Crippen LogP contribution in [0.25, 0.3) is 11.0 Å². The van der Waals surface area contributed by atoms with Gasteiger partial charge in [0.2, 0.25) is 5.95 Å². The first-order valence-corrected chi connectivity index (χ1v) is 8.50. The van der Waals surface area contributed by atoms with Crippen LogP contribution in [0.2, 0.25) is 0 Å². The Labute approximate surface area is 140 Å². The van der Waals surface area contributed by atoms with Crippen LogP contribution in [0.15, 0.2) is 18.7 Å². The normalized spacial score (nSPS) is 14.4. The molecule has 3 N–H and O–H groups in total. The van der Waals surface area contributed by atoms with Gasteiger partial charge in [0.25, 0.3) is 0 Å². The molecule has 1 aliphatic carbocycles. The van der Waals surface area contributed by atoms with Crippen molar-refractivity contribution in [3.8, 4) is 0 Å². The Morgan fingerprint density at radius 2 is 2.21 bits per heavy atom. The van der Waals surface area contributed by atoms with Gasteiger partial charge in [-0.2, -0.15) is 10.1 Å². The summed E-state index contributed by atoms with van der Waals surface area (Å²) < 4.78 is 4.13. The van der Waals surface area contributed by atoms with Gasteiger partial charge in [-0.1, -0.05) is 13.3 Å². The molecule has 3 aromatic heterocycles. The van der Waals surface area contributed by atoms with Crippen molar-refractivity contribution < 1.29 is 0 Å². The van der Waals surface area contributed by atoms with E-state index in [-0.39, 0.29) is 5.95 Å². The fraction of sp³-hybridized carbons (Fsp3) is 0.500. The number of nitrogens with two attached hydrogens (primary N) is 1. The largest absolute Gasteiger partial charge is 0.368 e. The van der Waals surface area contributed by atoms with E-state index in [1.807, 2.05) is 23.4 Å². The first kappa shape index (κ1) is 14.9. The molecule has 24 heavy (non-hydrogen) atoms. The maximum atomic E-state index is 5.83. The van der Waals surface area contributed by atoms with E-state index in [1.165, 1.54) is 12.8 Å². The minimum absolute atomic E-state index is 0.268. The van der Waals surface area contributed by atoms with Crippen LogP contribution in [-0.4, -0.2) is 35.8 Å². The third-order valence-electron chi connectivity index (χ3n) is 4.26. The van der Waals surface area contributed by atoms with Crippen molar-refractivity contribution in [2.75, 3.05) is 17.6 Å². The number of rotatable bonds is 7. The maximum Gasteiger partial charge on any atom is 0.222 e. The maximum absolute atomic E-state index is 5.83. The molecular weight excluding hydrogens is 304 g/mol. The highest BCUT2D eigenvalue weighted by atomic mass is 15.3. The van der Waals surface area contributed by atoms with Gasteiger partial charge in [0.15, 0.2) is 11.3 Å². The van der Waals surface area contributed by atoms with Gasteiger partial charge in [-0.3, -0.25) is 4.68 Å². The topological polar surface area (TPSA) is 99.5 Å². The minimum atomic E-state index is 0.268. The molecule has 1 aliphatic rings. The highest BCUT2D eigenvalue weighted by molar-refractivity contribution is 5.85. The summed E-state index contributed by atoms with van der Waals surface area (Å²) in [5.74, 6) is 0.976. The van der Waals surface area contributed by atoms with Crippen LogP contribution in [0.1, 0.15) is 44.3 Å². The average Bonchev–Trinajstić information content (AvgIpc) is 3.16. The van der Waals surface area contributed by atoms with Gasteiger partial charge in [0, 0.05) is 12.6 Å². The zero-order valence-electron chi connectivity index (χ0n) is 13.8. The average molecular weight is 326 g/mol. The van der Waals surface area contributed by atoms with Crippen molar-refractivity contribution in [3.05, 3.63) is 24.4 Å². The van der Waals surface area contributed by atoms with Crippen molar-refractivity contribution in [3.63, 3.8) is 0 Å². The Morgan fingerprint density at radius 3 is 3.00 bits per heavy atom. The Hall–Kier alpha value is -2.64. The molecule has 0 atom stereocenters. The van der Waals surface area contributed by atoms with Crippen molar-refractivity contribution >= 4 is 22.8 Å². The predicted octanol–water partition coefficient (Wildman–Crippen LogP) is 2.20. The lowest BCUT2D eigenvalue weighted by molar-refractivity contribution is 0.619. The van der Waals surface area contributed by atoms with Crippen LogP contribution in [0.4, 0.5) is 11.8 Å². The van der Waals surface area contributed by atoms with Gasteiger partial charge < -0.3 is 15.6 Å².